The second-order valence-corrected chi connectivity index (χ2v) is 4.86. The molecule has 0 rings (SSSR count). The number of hydrogen-bond donors (Lipinski definition) is 0. The maximum atomic E-state index is 11.6. The first-order valence-electron chi connectivity index (χ1n) is 3.82. The molecule has 0 saturated carbocycles. The molecule has 0 saturated heterocycles. The van der Waals surface area contributed by atoms with E-state index < -0.39 is 0 Å². The highest BCUT2D eigenvalue weighted by Crippen LogP contribution is 2.29. The van der Waals surface area contributed by atoms with Gasteiger partial charge in [0.05, 0.1) is 0 Å². The van der Waals surface area contributed by atoms with Gasteiger partial charge in [0, 0.05) is 16.7 Å². The summed E-state index contributed by atoms with van der Waals surface area (Å²) in [5, 5.41) is 0. The van der Waals surface area contributed by atoms with E-state index in [9.17, 15) is 4.79 Å². The van der Waals surface area contributed by atoms with Crippen LogP contribution in [0.4, 0.5) is 0 Å². The van der Waals surface area contributed by atoms with Gasteiger partial charge in [-0.25, -0.2) is 0 Å². The van der Waals surface area contributed by atoms with Crippen LogP contribution >= 0.6 is 11.6 Å². The van der Waals surface area contributed by atoms with Gasteiger partial charge in [-0.15, -0.1) is 11.6 Å². The third-order valence-electron chi connectivity index (χ3n) is 1.63. The van der Waals surface area contributed by atoms with E-state index >= 15 is 0 Å². The summed E-state index contributed by atoms with van der Waals surface area (Å²) in [7, 11) is 0. The second kappa shape index (κ2) is 3.14. The van der Waals surface area contributed by atoms with E-state index in [0.29, 0.717) is 5.88 Å². The van der Waals surface area contributed by atoms with Crippen molar-refractivity contribution in [2.45, 2.75) is 34.6 Å². The lowest BCUT2D eigenvalue weighted by molar-refractivity contribution is -0.133. The van der Waals surface area contributed by atoms with Crippen LogP contribution in [-0.2, 0) is 4.79 Å². The Kier molecular flexibility index (Phi) is 3.13. The van der Waals surface area contributed by atoms with E-state index in [4.69, 9.17) is 11.6 Å². The predicted octanol–water partition coefficient (Wildman–Crippen LogP) is 2.87. The average Bonchev–Trinajstić information content (AvgIpc) is 1.84. The molecule has 66 valence electrons. The number of alkyl halides is 1. The van der Waals surface area contributed by atoms with E-state index in [2.05, 4.69) is 0 Å². The lowest BCUT2D eigenvalue weighted by atomic mass is 9.76. The van der Waals surface area contributed by atoms with Crippen molar-refractivity contribution >= 4 is 17.4 Å². The minimum Gasteiger partial charge on any atom is -0.298 e. The third kappa shape index (κ3) is 2.82. The van der Waals surface area contributed by atoms with Crippen molar-refractivity contribution in [1.29, 1.82) is 0 Å². The van der Waals surface area contributed by atoms with Gasteiger partial charge in [-0.1, -0.05) is 34.6 Å². The first-order valence-corrected chi connectivity index (χ1v) is 4.36. The molecule has 0 aromatic carbocycles. The van der Waals surface area contributed by atoms with Crippen molar-refractivity contribution in [3.05, 3.63) is 0 Å². The summed E-state index contributed by atoms with van der Waals surface area (Å²) >= 11 is 5.67. The van der Waals surface area contributed by atoms with Gasteiger partial charge in [0.1, 0.15) is 5.78 Å². The zero-order valence-electron chi connectivity index (χ0n) is 7.99. The maximum absolute atomic E-state index is 11.6. The average molecular weight is 177 g/mol. The number of hydrogen-bond acceptors (Lipinski definition) is 1. The number of halogens is 1. The number of carbonyl (C=O) groups is 1. The van der Waals surface area contributed by atoms with Crippen LogP contribution in [0.5, 0.6) is 0 Å². The highest BCUT2D eigenvalue weighted by Gasteiger charge is 2.34. The van der Waals surface area contributed by atoms with Crippen LogP contribution < -0.4 is 0 Å². The standard InChI is InChI=1S/C9H17ClO/c1-8(2,3)7(11)9(4,5)6-10/h6H2,1-5H3. The van der Waals surface area contributed by atoms with E-state index in [-0.39, 0.29) is 16.6 Å². The molecule has 2 heteroatoms. The fraction of sp³-hybridized carbons (Fsp3) is 0.889. The molecule has 0 aromatic heterocycles. The Morgan fingerprint density at radius 1 is 1.18 bits per heavy atom. The molecule has 11 heavy (non-hydrogen) atoms. The van der Waals surface area contributed by atoms with E-state index in [1.807, 2.05) is 34.6 Å². The van der Waals surface area contributed by atoms with Crippen molar-refractivity contribution < 1.29 is 4.79 Å². The molecular weight excluding hydrogens is 160 g/mol. The van der Waals surface area contributed by atoms with Crippen LogP contribution in [0.1, 0.15) is 34.6 Å². The topological polar surface area (TPSA) is 17.1 Å². The summed E-state index contributed by atoms with van der Waals surface area (Å²) in [5.41, 5.74) is -0.668. The SMILES string of the molecule is CC(C)(C)C(=O)C(C)(C)CCl. The van der Waals surface area contributed by atoms with Crippen LogP contribution in [0.2, 0.25) is 0 Å². The molecule has 0 bridgehead atoms. The fourth-order valence-corrected chi connectivity index (χ4v) is 1.20. The number of ketones is 1. The second-order valence-electron chi connectivity index (χ2n) is 4.60. The quantitative estimate of drug-likeness (QED) is 0.592. The first kappa shape index (κ1) is 11.0. The molecule has 0 N–H and O–H groups in total. The largest absolute Gasteiger partial charge is 0.298 e. The molecule has 0 aliphatic heterocycles. The fourth-order valence-electron chi connectivity index (χ4n) is 1.08. The molecule has 0 unspecified atom stereocenters. The van der Waals surface area contributed by atoms with Gasteiger partial charge in [0.2, 0.25) is 0 Å². The number of rotatable bonds is 2. The minimum atomic E-state index is -0.389. The monoisotopic (exact) mass is 176 g/mol. The van der Waals surface area contributed by atoms with Crippen molar-refractivity contribution in [2.24, 2.45) is 10.8 Å². The van der Waals surface area contributed by atoms with E-state index in [1.54, 1.807) is 0 Å². The Balaban J connectivity index is 4.50. The van der Waals surface area contributed by atoms with Crippen molar-refractivity contribution in [1.82, 2.24) is 0 Å². The smallest absolute Gasteiger partial charge is 0.144 e. The van der Waals surface area contributed by atoms with Crippen LogP contribution in [0, 0.1) is 10.8 Å². The Hall–Kier alpha value is -0.0400. The van der Waals surface area contributed by atoms with E-state index in [1.165, 1.54) is 0 Å². The minimum absolute atomic E-state index is 0.222. The third-order valence-corrected chi connectivity index (χ3v) is 2.30. The van der Waals surface area contributed by atoms with Crippen LogP contribution in [-0.4, -0.2) is 11.7 Å². The highest BCUT2D eigenvalue weighted by molar-refractivity contribution is 6.20. The summed E-state index contributed by atoms with van der Waals surface area (Å²) in [5.74, 6) is 0.614. The van der Waals surface area contributed by atoms with Gasteiger partial charge in [0.25, 0.3) is 0 Å². The number of carbonyl (C=O) groups excluding carboxylic acids is 1. The summed E-state index contributed by atoms with van der Waals surface area (Å²) in [6, 6.07) is 0. The van der Waals surface area contributed by atoms with Gasteiger partial charge in [-0.3, -0.25) is 4.79 Å². The molecular formula is C9H17ClO. The summed E-state index contributed by atoms with van der Waals surface area (Å²) in [6.07, 6.45) is 0. The summed E-state index contributed by atoms with van der Waals surface area (Å²) in [6.45, 7) is 9.53. The van der Waals surface area contributed by atoms with Gasteiger partial charge < -0.3 is 0 Å². The van der Waals surface area contributed by atoms with Crippen LogP contribution in [0.25, 0.3) is 0 Å². The van der Waals surface area contributed by atoms with Gasteiger partial charge >= 0.3 is 0 Å². The van der Waals surface area contributed by atoms with Crippen molar-refractivity contribution in [3.63, 3.8) is 0 Å². The van der Waals surface area contributed by atoms with Gasteiger partial charge in [-0.05, 0) is 0 Å². The molecule has 0 heterocycles. The lowest BCUT2D eigenvalue weighted by Crippen LogP contribution is -2.36. The molecule has 0 atom stereocenters. The number of Topliss-reactive ketones (excluding diaryl/α,β-unsaturated/α-hetero) is 1. The normalized spacial score (nSPS) is 13.3. The van der Waals surface area contributed by atoms with Gasteiger partial charge in [-0.2, -0.15) is 0 Å². The van der Waals surface area contributed by atoms with Crippen LogP contribution in [0.3, 0.4) is 0 Å². The Morgan fingerprint density at radius 3 is 1.64 bits per heavy atom. The Morgan fingerprint density at radius 2 is 1.55 bits per heavy atom. The van der Waals surface area contributed by atoms with Gasteiger partial charge in [0.15, 0.2) is 0 Å². The Labute approximate surface area is 74.1 Å². The molecule has 1 nitrogen and oxygen atoms in total. The molecule has 0 aliphatic carbocycles. The molecule has 0 amide bonds. The lowest BCUT2D eigenvalue weighted by Gasteiger charge is -2.28. The zero-order chi connectivity index (χ0) is 9.28. The summed E-state index contributed by atoms with van der Waals surface area (Å²) in [4.78, 5) is 11.6. The predicted molar refractivity (Wildman–Crippen MR) is 49.0 cm³/mol. The zero-order valence-corrected chi connectivity index (χ0v) is 8.75. The maximum Gasteiger partial charge on any atom is 0.144 e. The van der Waals surface area contributed by atoms with Crippen molar-refractivity contribution in [2.75, 3.05) is 5.88 Å². The molecule has 0 fully saturated rings. The molecule has 0 spiro atoms. The molecule has 0 aliphatic rings. The summed E-state index contributed by atoms with van der Waals surface area (Å²) < 4.78 is 0. The molecule has 0 radical (unpaired) electrons. The Bertz CT molecular complexity index is 153. The highest BCUT2D eigenvalue weighted by atomic mass is 35.5. The van der Waals surface area contributed by atoms with Crippen LogP contribution in [0.15, 0.2) is 0 Å². The van der Waals surface area contributed by atoms with E-state index in [0.717, 1.165) is 0 Å². The molecule has 0 aromatic rings. The first-order chi connectivity index (χ1) is 4.72. The van der Waals surface area contributed by atoms with Crippen molar-refractivity contribution in [3.8, 4) is 0 Å².